The van der Waals surface area contributed by atoms with Crippen molar-refractivity contribution in [1.29, 1.82) is 0 Å². The summed E-state index contributed by atoms with van der Waals surface area (Å²) in [5.74, 6) is 2.09. The van der Waals surface area contributed by atoms with Gasteiger partial charge in [-0.15, -0.1) is 0 Å². The molecule has 36 heavy (non-hydrogen) atoms. The third kappa shape index (κ3) is 4.75. The van der Waals surface area contributed by atoms with E-state index >= 15 is 0 Å². The van der Waals surface area contributed by atoms with Gasteiger partial charge < -0.3 is 34.1 Å². The van der Waals surface area contributed by atoms with Gasteiger partial charge in [0, 0.05) is 42.9 Å². The molecule has 1 aliphatic heterocycles. The summed E-state index contributed by atoms with van der Waals surface area (Å²) in [6.45, 7) is 9.81. The summed E-state index contributed by atoms with van der Waals surface area (Å²) in [4.78, 5) is 9.20. The summed E-state index contributed by atoms with van der Waals surface area (Å²) in [5, 5.41) is 8.04. The molecule has 0 spiro atoms. The molecule has 9 nitrogen and oxygen atoms in total. The Morgan fingerprint density at radius 1 is 1.11 bits per heavy atom. The second-order valence-corrected chi connectivity index (χ2v) is 10.4. The van der Waals surface area contributed by atoms with Gasteiger partial charge in [0.2, 0.25) is 0 Å². The molecule has 194 valence electrons. The van der Waals surface area contributed by atoms with E-state index < -0.39 is 5.79 Å². The Labute approximate surface area is 212 Å². The molecule has 1 saturated heterocycles. The van der Waals surface area contributed by atoms with E-state index in [1.807, 2.05) is 32.0 Å². The van der Waals surface area contributed by atoms with E-state index in [1.165, 1.54) is 0 Å². The van der Waals surface area contributed by atoms with Crippen LogP contribution in [0.1, 0.15) is 45.7 Å². The summed E-state index contributed by atoms with van der Waals surface area (Å²) in [7, 11) is 3.31. The number of methoxy groups -OCH3 is 2. The number of aromatic nitrogens is 3. The third-order valence-electron chi connectivity index (χ3n) is 7.15. The van der Waals surface area contributed by atoms with Gasteiger partial charge >= 0.3 is 0 Å². The van der Waals surface area contributed by atoms with E-state index in [1.54, 1.807) is 20.5 Å². The lowest BCUT2D eigenvalue weighted by Gasteiger charge is -2.25. The Kier molecular flexibility index (Phi) is 6.80. The highest BCUT2D eigenvalue weighted by Crippen LogP contribution is 2.47. The molecular formula is C27H37N5O4. The molecule has 5 rings (SSSR count). The summed E-state index contributed by atoms with van der Waals surface area (Å²) in [6, 6.07) is 8.46. The third-order valence-corrected chi connectivity index (χ3v) is 7.15. The fourth-order valence-corrected chi connectivity index (χ4v) is 5.47. The van der Waals surface area contributed by atoms with Crippen molar-refractivity contribution >= 4 is 16.9 Å². The molecule has 9 heteroatoms. The van der Waals surface area contributed by atoms with Crippen LogP contribution in [0, 0.1) is 5.92 Å². The van der Waals surface area contributed by atoms with E-state index in [0.717, 1.165) is 46.9 Å². The number of nitrogens with one attached hydrogen (secondary N) is 2. The molecule has 0 amide bonds. The molecule has 1 aliphatic carbocycles. The predicted octanol–water partition coefficient (Wildman–Crippen LogP) is 4.14. The molecular weight excluding hydrogens is 458 g/mol. The van der Waals surface area contributed by atoms with Crippen molar-refractivity contribution in [3.63, 3.8) is 0 Å². The molecule has 1 aromatic carbocycles. The Hall–Kier alpha value is -2.88. The average Bonchev–Trinajstić information content (AvgIpc) is 3.52. The number of ether oxygens (including phenoxy) is 4. The van der Waals surface area contributed by atoms with Gasteiger partial charge in [0.05, 0.1) is 31.8 Å². The highest BCUT2D eigenvalue weighted by atomic mass is 16.8. The minimum atomic E-state index is -0.591. The van der Waals surface area contributed by atoms with Crippen LogP contribution in [0.3, 0.4) is 0 Å². The first-order valence-corrected chi connectivity index (χ1v) is 12.6. The lowest BCUT2D eigenvalue weighted by atomic mass is 10.1. The number of anilines is 1. The smallest absolute Gasteiger partial charge is 0.163 e. The Morgan fingerprint density at radius 3 is 2.67 bits per heavy atom. The minimum absolute atomic E-state index is 0.0236. The Balaban J connectivity index is 1.39. The molecule has 0 radical (unpaired) electrons. The van der Waals surface area contributed by atoms with E-state index in [0.29, 0.717) is 18.5 Å². The van der Waals surface area contributed by atoms with Crippen molar-refractivity contribution in [2.24, 2.45) is 5.92 Å². The van der Waals surface area contributed by atoms with Crippen molar-refractivity contribution in [2.45, 2.75) is 70.7 Å². The lowest BCUT2D eigenvalue weighted by molar-refractivity contribution is -0.160. The zero-order valence-electron chi connectivity index (χ0n) is 21.9. The molecule has 4 atom stereocenters. The monoisotopic (exact) mass is 495 g/mol. The largest absolute Gasteiger partial charge is 0.497 e. The normalized spacial score (nSPS) is 24.9. The summed E-state index contributed by atoms with van der Waals surface area (Å²) in [6.07, 6.45) is 4.71. The summed E-state index contributed by atoms with van der Waals surface area (Å²) in [5.41, 5.74) is 1.91. The number of benzene rings is 1. The van der Waals surface area contributed by atoms with Gasteiger partial charge in [-0.05, 0) is 38.5 Å². The molecule has 0 bridgehead atoms. The zero-order valence-corrected chi connectivity index (χ0v) is 21.9. The van der Waals surface area contributed by atoms with Crippen LogP contribution in [-0.2, 0) is 16.0 Å². The van der Waals surface area contributed by atoms with Crippen molar-refractivity contribution in [2.75, 3.05) is 26.1 Å². The van der Waals surface area contributed by atoms with Crippen molar-refractivity contribution in [3.8, 4) is 11.5 Å². The van der Waals surface area contributed by atoms with Crippen LogP contribution >= 0.6 is 0 Å². The SMILES string of the molecule is COc1ccc(CNc2ncnc3c2ccn3C2CC(CNC(C)C)C3OC(C)(C)OC32)c(OC)c1. The number of rotatable bonds is 9. The number of hydrogen-bond donors (Lipinski definition) is 2. The standard InChI is InChI=1S/C27H37N5O4/c1-16(2)28-14-18-11-21(24-23(18)35-27(3,4)36-24)32-10-9-20-25(30-15-31-26(20)32)29-13-17-7-8-19(33-5)12-22(17)34-6/h7-10,12,15-16,18,21,23-24,28H,11,13-14H2,1-6H3,(H,29,30,31). The summed E-state index contributed by atoms with van der Waals surface area (Å²) >= 11 is 0. The zero-order chi connectivity index (χ0) is 25.4. The quantitative estimate of drug-likeness (QED) is 0.458. The Morgan fingerprint density at radius 2 is 1.92 bits per heavy atom. The van der Waals surface area contributed by atoms with Crippen LogP contribution in [0.15, 0.2) is 36.8 Å². The predicted molar refractivity (Wildman–Crippen MR) is 139 cm³/mol. The van der Waals surface area contributed by atoms with Crippen molar-refractivity contribution < 1.29 is 18.9 Å². The van der Waals surface area contributed by atoms with Gasteiger partial charge in [0.1, 0.15) is 35.4 Å². The molecule has 2 fully saturated rings. The minimum Gasteiger partial charge on any atom is -0.497 e. The van der Waals surface area contributed by atoms with Gasteiger partial charge in [-0.1, -0.05) is 13.8 Å². The van der Waals surface area contributed by atoms with E-state index in [4.69, 9.17) is 18.9 Å². The maximum Gasteiger partial charge on any atom is 0.163 e. The summed E-state index contributed by atoms with van der Waals surface area (Å²) < 4.78 is 25.9. The first-order chi connectivity index (χ1) is 17.3. The Bertz CT molecular complexity index is 1210. The molecule has 2 N–H and O–H groups in total. The van der Waals surface area contributed by atoms with Gasteiger partial charge in [-0.3, -0.25) is 0 Å². The fraction of sp³-hybridized carbons (Fsp3) is 0.556. The van der Waals surface area contributed by atoms with Gasteiger partial charge in [-0.25, -0.2) is 9.97 Å². The van der Waals surface area contributed by atoms with Gasteiger partial charge in [0.15, 0.2) is 5.79 Å². The molecule has 3 aromatic rings. The average molecular weight is 496 g/mol. The van der Waals surface area contributed by atoms with Crippen LogP contribution in [0.5, 0.6) is 11.5 Å². The van der Waals surface area contributed by atoms with Crippen LogP contribution in [0.4, 0.5) is 5.82 Å². The van der Waals surface area contributed by atoms with E-state index in [2.05, 4.69) is 51.3 Å². The van der Waals surface area contributed by atoms with Gasteiger partial charge in [-0.2, -0.15) is 0 Å². The number of hydrogen-bond acceptors (Lipinski definition) is 8. The fourth-order valence-electron chi connectivity index (χ4n) is 5.47. The highest BCUT2D eigenvalue weighted by molar-refractivity contribution is 5.87. The van der Waals surface area contributed by atoms with E-state index in [9.17, 15) is 0 Å². The van der Waals surface area contributed by atoms with E-state index in [-0.39, 0.29) is 18.2 Å². The second-order valence-electron chi connectivity index (χ2n) is 10.4. The van der Waals surface area contributed by atoms with Crippen molar-refractivity contribution in [3.05, 3.63) is 42.4 Å². The molecule has 4 unspecified atom stereocenters. The molecule has 1 saturated carbocycles. The highest BCUT2D eigenvalue weighted by Gasteiger charge is 2.54. The maximum absolute atomic E-state index is 6.42. The first-order valence-electron chi connectivity index (χ1n) is 12.6. The molecule has 3 heterocycles. The topological polar surface area (TPSA) is 91.7 Å². The van der Waals surface area contributed by atoms with Gasteiger partial charge in [0.25, 0.3) is 0 Å². The van der Waals surface area contributed by atoms with Crippen LogP contribution in [-0.4, -0.2) is 59.3 Å². The molecule has 2 aromatic heterocycles. The maximum atomic E-state index is 6.42. The first kappa shape index (κ1) is 24.8. The lowest BCUT2D eigenvalue weighted by Crippen LogP contribution is -2.35. The van der Waals surface area contributed by atoms with Crippen LogP contribution in [0.2, 0.25) is 0 Å². The molecule has 2 aliphatic rings. The van der Waals surface area contributed by atoms with Crippen molar-refractivity contribution in [1.82, 2.24) is 19.9 Å². The number of nitrogens with zero attached hydrogens (tertiary/aromatic N) is 3. The second kappa shape index (κ2) is 9.88. The number of fused-ring (bicyclic) bond motifs is 2. The van der Waals surface area contributed by atoms with Crippen LogP contribution < -0.4 is 20.1 Å². The van der Waals surface area contributed by atoms with Crippen LogP contribution in [0.25, 0.3) is 11.0 Å².